The Balaban J connectivity index is 1.92. The number of nitriles is 1. The number of rotatable bonds is 3. The Bertz CT molecular complexity index is 1120. The van der Waals surface area contributed by atoms with Crippen LogP contribution in [0, 0.1) is 17.1 Å². The van der Waals surface area contributed by atoms with Crippen molar-refractivity contribution in [2.24, 2.45) is 7.05 Å². The number of hydrogen-bond donors (Lipinski definition) is 0. The zero-order chi connectivity index (χ0) is 17.4. The Morgan fingerprint density at radius 2 is 2.08 bits per heavy atom. The van der Waals surface area contributed by atoms with Crippen molar-refractivity contribution >= 4 is 17.3 Å². The topological polar surface area (TPSA) is 71.8 Å². The minimum absolute atomic E-state index is 0.248. The van der Waals surface area contributed by atoms with Crippen molar-refractivity contribution in [2.75, 3.05) is 0 Å². The Hall–Kier alpha value is -3.18. The molecule has 8 heteroatoms. The Morgan fingerprint density at radius 1 is 1.20 bits per heavy atom. The number of fused-ring (bicyclic) bond motifs is 1. The van der Waals surface area contributed by atoms with Crippen LogP contribution in [0.15, 0.2) is 59.1 Å². The van der Waals surface area contributed by atoms with E-state index in [2.05, 4.69) is 21.3 Å². The predicted octanol–water partition coefficient (Wildman–Crippen LogP) is 3.29. The van der Waals surface area contributed by atoms with Gasteiger partial charge >= 0.3 is 0 Å². The molecule has 0 aromatic carbocycles. The zero-order valence-electron chi connectivity index (χ0n) is 13.1. The molecule has 0 N–H and O–H groups in total. The van der Waals surface area contributed by atoms with Crippen molar-refractivity contribution in [3.05, 3.63) is 60.6 Å². The average molecular weight is 350 g/mol. The van der Waals surface area contributed by atoms with Gasteiger partial charge in [0.2, 0.25) is 0 Å². The van der Waals surface area contributed by atoms with Crippen LogP contribution < -0.4 is 0 Å². The SMILES string of the molecule is Cn1cc(-c2cc(Sc3ncccc3F)c3c(C#N)cnn3c2)cn1. The molecule has 6 nitrogen and oxygen atoms in total. The molecular weight excluding hydrogens is 339 g/mol. The average Bonchev–Trinajstić information content (AvgIpc) is 3.23. The number of nitrogens with zero attached hydrogens (tertiary/aromatic N) is 6. The second-order valence-corrected chi connectivity index (χ2v) is 6.38. The van der Waals surface area contributed by atoms with Crippen LogP contribution in [0.2, 0.25) is 0 Å². The van der Waals surface area contributed by atoms with Gasteiger partial charge in [0.25, 0.3) is 0 Å². The van der Waals surface area contributed by atoms with Crippen LogP contribution in [0.4, 0.5) is 4.39 Å². The van der Waals surface area contributed by atoms with E-state index in [-0.39, 0.29) is 5.03 Å². The Kier molecular flexibility index (Phi) is 3.71. The van der Waals surface area contributed by atoms with Gasteiger partial charge in [0.15, 0.2) is 5.82 Å². The van der Waals surface area contributed by atoms with Crippen LogP contribution in [-0.4, -0.2) is 24.4 Å². The highest BCUT2D eigenvalue weighted by molar-refractivity contribution is 7.99. The lowest BCUT2D eigenvalue weighted by atomic mass is 10.1. The second kappa shape index (κ2) is 6.03. The summed E-state index contributed by atoms with van der Waals surface area (Å²) in [6.07, 6.45) is 8.49. The number of pyridine rings is 2. The normalized spacial score (nSPS) is 10.9. The van der Waals surface area contributed by atoms with E-state index in [1.54, 1.807) is 21.5 Å². The van der Waals surface area contributed by atoms with Gasteiger partial charge < -0.3 is 0 Å². The standard InChI is InChI=1S/C17H11FN6S/c1-23-9-13(8-21-23)11-5-15(25-17-14(18)3-2-4-20-17)16-12(6-19)7-22-24(16)10-11/h2-5,7-10H,1H3. The van der Waals surface area contributed by atoms with Gasteiger partial charge in [0.1, 0.15) is 11.1 Å². The van der Waals surface area contributed by atoms with E-state index in [0.29, 0.717) is 16.0 Å². The summed E-state index contributed by atoms with van der Waals surface area (Å²) in [5.41, 5.74) is 2.83. The summed E-state index contributed by atoms with van der Waals surface area (Å²) in [4.78, 5) is 4.79. The number of halogens is 1. The third kappa shape index (κ3) is 2.75. The molecule has 4 aromatic heterocycles. The van der Waals surface area contributed by atoms with Gasteiger partial charge in [-0.3, -0.25) is 4.68 Å². The van der Waals surface area contributed by atoms with Crippen LogP contribution >= 0.6 is 11.8 Å². The molecule has 0 aliphatic rings. The van der Waals surface area contributed by atoms with Crippen LogP contribution in [0.5, 0.6) is 0 Å². The monoisotopic (exact) mass is 350 g/mol. The smallest absolute Gasteiger partial charge is 0.155 e. The highest BCUT2D eigenvalue weighted by Gasteiger charge is 2.15. The Labute approximate surface area is 146 Å². The largest absolute Gasteiger partial charge is 0.275 e. The van der Waals surface area contributed by atoms with Crippen LogP contribution in [0.1, 0.15) is 5.56 Å². The van der Waals surface area contributed by atoms with Crippen molar-refractivity contribution in [3.63, 3.8) is 0 Å². The molecular formula is C17H11FN6S. The van der Waals surface area contributed by atoms with E-state index in [9.17, 15) is 9.65 Å². The van der Waals surface area contributed by atoms with Gasteiger partial charge in [0, 0.05) is 41.7 Å². The number of aryl methyl sites for hydroxylation is 1. The quantitative estimate of drug-likeness (QED) is 0.567. The van der Waals surface area contributed by atoms with Crippen LogP contribution in [0.25, 0.3) is 16.6 Å². The highest BCUT2D eigenvalue weighted by atomic mass is 32.2. The van der Waals surface area contributed by atoms with Gasteiger partial charge in [0.05, 0.1) is 23.5 Å². The molecule has 0 radical (unpaired) electrons. The van der Waals surface area contributed by atoms with E-state index in [1.165, 1.54) is 30.2 Å². The maximum absolute atomic E-state index is 14.0. The molecule has 0 unspecified atom stereocenters. The van der Waals surface area contributed by atoms with Crippen molar-refractivity contribution in [2.45, 2.75) is 9.92 Å². The molecule has 0 aliphatic carbocycles. The molecule has 122 valence electrons. The fraction of sp³-hybridized carbons (Fsp3) is 0.0588. The maximum atomic E-state index is 14.0. The highest BCUT2D eigenvalue weighted by Crippen LogP contribution is 2.35. The molecule has 0 aliphatic heterocycles. The summed E-state index contributed by atoms with van der Waals surface area (Å²) in [6, 6.07) is 6.93. The molecule has 25 heavy (non-hydrogen) atoms. The van der Waals surface area contributed by atoms with E-state index in [0.717, 1.165) is 11.1 Å². The summed E-state index contributed by atoms with van der Waals surface area (Å²) in [7, 11) is 1.84. The van der Waals surface area contributed by atoms with E-state index in [4.69, 9.17) is 0 Å². The van der Waals surface area contributed by atoms with Crippen molar-refractivity contribution in [3.8, 4) is 17.2 Å². The van der Waals surface area contributed by atoms with Crippen LogP contribution in [-0.2, 0) is 7.05 Å². The zero-order valence-corrected chi connectivity index (χ0v) is 13.9. The lowest BCUT2D eigenvalue weighted by Crippen LogP contribution is -1.93. The molecule has 4 rings (SSSR count). The minimum atomic E-state index is -0.407. The summed E-state index contributed by atoms with van der Waals surface area (Å²) in [5, 5.41) is 18.0. The molecule has 0 saturated carbocycles. The van der Waals surface area contributed by atoms with E-state index < -0.39 is 5.82 Å². The Morgan fingerprint density at radius 3 is 2.80 bits per heavy atom. The molecule has 0 spiro atoms. The number of hydrogen-bond acceptors (Lipinski definition) is 5. The van der Waals surface area contributed by atoms with Gasteiger partial charge in [-0.2, -0.15) is 15.5 Å². The van der Waals surface area contributed by atoms with Crippen molar-refractivity contribution in [1.29, 1.82) is 5.26 Å². The molecule has 0 amide bonds. The molecule has 0 bridgehead atoms. The van der Waals surface area contributed by atoms with E-state index >= 15 is 0 Å². The number of aromatic nitrogens is 5. The van der Waals surface area contributed by atoms with Gasteiger partial charge in [-0.25, -0.2) is 13.9 Å². The molecule has 4 aromatic rings. The third-order valence-corrected chi connectivity index (χ3v) is 4.69. The van der Waals surface area contributed by atoms with Gasteiger partial charge in [-0.05, 0) is 18.2 Å². The van der Waals surface area contributed by atoms with E-state index in [1.807, 2.05) is 25.5 Å². The first kappa shape index (κ1) is 15.4. The van der Waals surface area contributed by atoms with Gasteiger partial charge in [-0.1, -0.05) is 11.8 Å². The lowest BCUT2D eigenvalue weighted by molar-refractivity contribution is 0.588. The first-order valence-electron chi connectivity index (χ1n) is 7.34. The van der Waals surface area contributed by atoms with Crippen molar-refractivity contribution in [1.82, 2.24) is 24.4 Å². The lowest BCUT2D eigenvalue weighted by Gasteiger charge is -2.08. The molecule has 0 saturated heterocycles. The van der Waals surface area contributed by atoms with Crippen molar-refractivity contribution < 1.29 is 4.39 Å². The third-order valence-electron chi connectivity index (χ3n) is 3.67. The first-order valence-corrected chi connectivity index (χ1v) is 8.16. The minimum Gasteiger partial charge on any atom is -0.275 e. The fourth-order valence-electron chi connectivity index (χ4n) is 2.52. The second-order valence-electron chi connectivity index (χ2n) is 5.35. The maximum Gasteiger partial charge on any atom is 0.155 e. The van der Waals surface area contributed by atoms with Gasteiger partial charge in [-0.15, -0.1) is 0 Å². The summed E-state index contributed by atoms with van der Waals surface area (Å²) in [5.74, 6) is -0.407. The predicted molar refractivity (Wildman–Crippen MR) is 90.4 cm³/mol. The van der Waals surface area contributed by atoms with Crippen LogP contribution in [0.3, 0.4) is 0 Å². The molecule has 0 atom stereocenters. The first-order chi connectivity index (χ1) is 12.2. The summed E-state index contributed by atoms with van der Waals surface area (Å²) >= 11 is 1.17. The summed E-state index contributed by atoms with van der Waals surface area (Å²) < 4.78 is 17.4. The molecule has 0 fully saturated rings. The molecule has 4 heterocycles. The fourth-order valence-corrected chi connectivity index (χ4v) is 3.50. The summed E-state index contributed by atoms with van der Waals surface area (Å²) in [6.45, 7) is 0.